The number of rotatable bonds is 3. The highest BCUT2D eigenvalue weighted by molar-refractivity contribution is 7.89. The molecule has 3 N–H and O–H groups in total. The molecule has 0 aromatic heterocycles. The number of aromatic hydroxyl groups is 1. The van der Waals surface area contributed by atoms with Crippen LogP contribution in [0.3, 0.4) is 0 Å². The van der Waals surface area contributed by atoms with Crippen LogP contribution in [-0.4, -0.2) is 13.5 Å². The van der Waals surface area contributed by atoms with Crippen molar-refractivity contribution in [3.05, 3.63) is 23.8 Å². The lowest BCUT2D eigenvalue weighted by Gasteiger charge is -2.04. The molecule has 0 heterocycles. The van der Waals surface area contributed by atoms with E-state index in [-0.39, 0.29) is 10.6 Å². The quantitative estimate of drug-likeness (QED) is 0.789. The molecule has 0 amide bonds. The summed E-state index contributed by atoms with van der Waals surface area (Å²) in [5.41, 5.74) is 0.610. The van der Waals surface area contributed by atoms with Crippen LogP contribution in [0.1, 0.15) is 18.9 Å². The molecule has 0 saturated heterocycles. The molecular weight excluding hydrogens is 202 g/mol. The molecule has 0 fully saturated rings. The van der Waals surface area contributed by atoms with Gasteiger partial charge in [0.15, 0.2) is 0 Å². The van der Waals surface area contributed by atoms with Crippen molar-refractivity contribution in [2.45, 2.75) is 24.7 Å². The van der Waals surface area contributed by atoms with E-state index in [1.165, 1.54) is 18.2 Å². The van der Waals surface area contributed by atoms with E-state index >= 15 is 0 Å². The number of benzene rings is 1. The summed E-state index contributed by atoms with van der Waals surface area (Å²) in [6, 6.07) is 4.06. The van der Waals surface area contributed by atoms with Gasteiger partial charge >= 0.3 is 0 Å². The lowest BCUT2D eigenvalue weighted by atomic mass is 10.1. The Morgan fingerprint density at radius 3 is 2.57 bits per heavy atom. The van der Waals surface area contributed by atoms with Crippen LogP contribution in [0.2, 0.25) is 0 Å². The smallest absolute Gasteiger partial charge is 0.238 e. The summed E-state index contributed by atoms with van der Waals surface area (Å²) >= 11 is 0. The van der Waals surface area contributed by atoms with Gasteiger partial charge in [0.2, 0.25) is 10.0 Å². The highest BCUT2D eigenvalue weighted by Gasteiger charge is 2.10. The van der Waals surface area contributed by atoms with Gasteiger partial charge in [-0.2, -0.15) is 0 Å². The number of primary sulfonamides is 1. The number of nitrogens with two attached hydrogens (primary N) is 1. The fourth-order valence-corrected chi connectivity index (χ4v) is 1.77. The highest BCUT2D eigenvalue weighted by Crippen LogP contribution is 2.21. The summed E-state index contributed by atoms with van der Waals surface area (Å²) in [5.74, 6) is 0.110. The molecule has 0 bridgehead atoms. The van der Waals surface area contributed by atoms with Crippen LogP contribution >= 0.6 is 0 Å². The van der Waals surface area contributed by atoms with E-state index in [0.717, 1.165) is 6.42 Å². The van der Waals surface area contributed by atoms with Crippen LogP contribution in [0.15, 0.2) is 23.1 Å². The summed E-state index contributed by atoms with van der Waals surface area (Å²) in [5, 5.41) is 14.4. The van der Waals surface area contributed by atoms with Gasteiger partial charge < -0.3 is 5.11 Å². The Balaban J connectivity index is 3.20. The van der Waals surface area contributed by atoms with Gasteiger partial charge in [-0.3, -0.25) is 0 Å². The molecule has 5 heteroatoms. The van der Waals surface area contributed by atoms with Gasteiger partial charge in [0.25, 0.3) is 0 Å². The Morgan fingerprint density at radius 2 is 2.07 bits per heavy atom. The third kappa shape index (κ3) is 2.46. The van der Waals surface area contributed by atoms with Crippen LogP contribution in [0.4, 0.5) is 0 Å². The van der Waals surface area contributed by atoms with E-state index in [1.807, 2.05) is 6.92 Å². The second kappa shape index (κ2) is 3.98. The number of aryl methyl sites for hydroxylation is 1. The molecule has 4 nitrogen and oxygen atoms in total. The van der Waals surface area contributed by atoms with E-state index < -0.39 is 10.0 Å². The molecule has 0 aliphatic rings. The molecule has 0 atom stereocenters. The van der Waals surface area contributed by atoms with E-state index in [1.54, 1.807) is 0 Å². The fraction of sp³-hybridized carbons (Fsp3) is 0.333. The Hall–Kier alpha value is -1.07. The van der Waals surface area contributed by atoms with Crippen molar-refractivity contribution in [3.8, 4) is 5.75 Å². The maximum absolute atomic E-state index is 11.0. The minimum atomic E-state index is -3.67. The van der Waals surface area contributed by atoms with Crippen LogP contribution in [-0.2, 0) is 16.4 Å². The van der Waals surface area contributed by atoms with Crippen molar-refractivity contribution < 1.29 is 13.5 Å². The number of hydrogen-bond acceptors (Lipinski definition) is 3. The summed E-state index contributed by atoms with van der Waals surface area (Å²) in [6.07, 6.45) is 1.47. The van der Waals surface area contributed by atoms with Crippen molar-refractivity contribution in [3.63, 3.8) is 0 Å². The zero-order valence-corrected chi connectivity index (χ0v) is 8.71. The Labute approximate surface area is 83.4 Å². The monoisotopic (exact) mass is 215 g/mol. The Morgan fingerprint density at radius 1 is 1.43 bits per heavy atom. The van der Waals surface area contributed by atoms with Crippen LogP contribution in [0.5, 0.6) is 5.75 Å². The first kappa shape index (κ1) is 11.0. The molecule has 1 aromatic rings. The summed E-state index contributed by atoms with van der Waals surface area (Å²) in [4.78, 5) is 0.0405. The molecule has 1 aromatic carbocycles. The van der Waals surface area contributed by atoms with Gasteiger partial charge in [-0.1, -0.05) is 13.3 Å². The first-order valence-corrected chi connectivity index (χ1v) is 5.84. The van der Waals surface area contributed by atoms with E-state index in [2.05, 4.69) is 0 Å². The zero-order valence-electron chi connectivity index (χ0n) is 7.90. The standard InChI is InChI=1S/C9H13NO3S/c1-2-3-7-6-8(14(10,12)13)4-5-9(7)11/h4-6,11H,2-3H2,1H3,(H2,10,12,13). The second-order valence-electron chi connectivity index (χ2n) is 3.09. The third-order valence-electron chi connectivity index (χ3n) is 1.90. The number of phenols is 1. The topological polar surface area (TPSA) is 80.4 Å². The van der Waals surface area contributed by atoms with Gasteiger partial charge in [0.1, 0.15) is 5.75 Å². The molecule has 0 aliphatic heterocycles. The summed E-state index contributed by atoms with van der Waals surface area (Å²) in [6.45, 7) is 1.95. The molecule has 14 heavy (non-hydrogen) atoms. The maximum Gasteiger partial charge on any atom is 0.238 e. The van der Waals surface area contributed by atoms with Crippen LogP contribution < -0.4 is 5.14 Å². The van der Waals surface area contributed by atoms with Crippen molar-refractivity contribution in [1.29, 1.82) is 0 Å². The predicted molar refractivity (Wildman–Crippen MR) is 53.5 cm³/mol. The second-order valence-corrected chi connectivity index (χ2v) is 4.65. The largest absolute Gasteiger partial charge is 0.508 e. The van der Waals surface area contributed by atoms with Gasteiger partial charge in [0.05, 0.1) is 4.90 Å². The van der Waals surface area contributed by atoms with E-state index in [0.29, 0.717) is 12.0 Å². The highest BCUT2D eigenvalue weighted by atomic mass is 32.2. The van der Waals surface area contributed by atoms with Gasteiger partial charge in [0, 0.05) is 0 Å². The lowest BCUT2D eigenvalue weighted by molar-refractivity contribution is 0.467. The molecule has 0 radical (unpaired) electrons. The lowest BCUT2D eigenvalue weighted by Crippen LogP contribution is -2.12. The van der Waals surface area contributed by atoms with Crippen molar-refractivity contribution in [2.75, 3.05) is 0 Å². The van der Waals surface area contributed by atoms with E-state index in [4.69, 9.17) is 5.14 Å². The van der Waals surface area contributed by atoms with Crippen LogP contribution in [0, 0.1) is 0 Å². The number of phenolic OH excluding ortho intramolecular Hbond substituents is 1. The minimum absolute atomic E-state index is 0.0405. The molecule has 1 rings (SSSR count). The SMILES string of the molecule is CCCc1cc(S(N)(=O)=O)ccc1O. The van der Waals surface area contributed by atoms with Crippen molar-refractivity contribution >= 4 is 10.0 Å². The Bertz CT molecular complexity index is 426. The first-order chi connectivity index (χ1) is 6.45. The molecular formula is C9H13NO3S. The average Bonchev–Trinajstić information content (AvgIpc) is 2.07. The fourth-order valence-electron chi connectivity index (χ4n) is 1.21. The van der Waals surface area contributed by atoms with Gasteiger partial charge in [-0.25, -0.2) is 13.6 Å². The van der Waals surface area contributed by atoms with Crippen molar-refractivity contribution in [1.82, 2.24) is 0 Å². The van der Waals surface area contributed by atoms with Crippen molar-refractivity contribution in [2.24, 2.45) is 5.14 Å². The average molecular weight is 215 g/mol. The predicted octanol–water partition coefficient (Wildman–Crippen LogP) is 0.992. The summed E-state index contributed by atoms with van der Waals surface area (Å²) in [7, 11) is -3.67. The van der Waals surface area contributed by atoms with Crippen LogP contribution in [0.25, 0.3) is 0 Å². The normalized spacial score (nSPS) is 11.6. The number of sulfonamides is 1. The zero-order chi connectivity index (χ0) is 10.8. The molecule has 0 spiro atoms. The maximum atomic E-state index is 11.0. The third-order valence-corrected chi connectivity index (χ3v) is 2.81. The van der Waals surface area contributed by atoms with E-state index in [9.17, 15) is 13.5 Å². The number of hydrogen-bond donors (Lipinski definition) is 2. The molecule has 78 valence electrons. The van der Waals surface area contributed by atoms with Gasteiger partial charge in [-0.05, 0) is 30.2 Å². The molecule has 0 unspecified atom stereocenters. The molecule has 0 saturated carbocycles. The first-order valence-electron chi connectivity index (χ1n) is 4.30. The summed E-state index contributed by atoms with van der Waals surface area (Å²) < 4.78 is 22.0. The molecule has 0 aliphatic carbocycles. The minimum Gasteiger partial charge on any atom is -0.508 e. The Kier molecular flexibility index (Phi) is 3.13. The van der Waals surface area contributed by atoms with Gasteiger partial charge in [-0.15, -0.1) is 0 Å².